The minimum Gasteiger partial charge on any atom is -0.452 e. The van der Waals surface area contributed by atoms with Crippen molar-refractivity contribution in [3.05, 3.63) is 90.0 Å². The van der Waals surface area contributed by atoms with Gasteiger partial charge in [-0.25, -0.2) is 4.79 Å². The number of ether oxygens (including phenoxy) is 1. The number of esters is 1. The van der Waals surface area contributed by atoms with E-state index in [-0.39, 0.29) is 24.0 Å². The minimum atomic E-state index is -0.362. The lowest BCUT2D eigenvalue weighted by Gasteiger charge is -2.31. The first-order chi connectivity index (χ1) is 15.2. The van der Waals surface area contributed by atoms with Crippen molar-refractivity contribution in [3.8, 4) is 11.1 Å². The van der Waals surface area contributed by atoms with Crippen molar-refractivity contribution < 1.29 is 14.3 Å². The van der Waals surface area contributed by atoms with Gasteiger partial charge in [0.15, 0.2) is 6.10 Å². The molecule has 1 fully saturated rings. The zero-order valence-electron chi connectivity index (χ0n) is 17.2. The summed E-state index contributed by atoms with van der Waals surface area (Å²) in [4.78, 5) is 27.3. The van der Waals surface area contributed by atoms with Crippen LogP contribution in [0, 0.1) is 5.92 Å². The van der Waals surface area contributed by atoms with Gasteiger partial charge in [0.25, 0.3) is 0 Å². The van der Waals surface area contributed by atoms with Gasteiger partial charge in [-0.1, -0.05) is 66.7 Å². The number of nitrogens with one attached hydrogen (secondary N) is 1. The molecule has 1 N–H and O–H groups in total. The lowest BCUT2D eigenvalue weighted by molar-refractivity contribution is -0.153. The van der Waals surface area contributed by atoms with E-state index in [0.29, 0.717) is 25.9 Å². The molecule has 1 saturated heterocycles. The molecule has 31 heavy (non-hydrogen) atoms. The maximum Gasteiger partial charge on any atom is 0.321 e. The Labute approximate surface area is 181 Å². The van der Waals surface area contributed by atoms with Gasteiger partial charge in [-0.3, -0.25) is 4.79 Å². The van der Waals surface area contributed by atoms with E-state index in [1.165, 1.54) is 0 Å². The quantitative estimate of drug-likeness (QED) is 0.598. The highest BCUT2D eigenvalue weighted by atomic mass is 16.5. The third-order valence-corrected chi connectivity index (χ3v) is 6.15. The molecule has 156 valence electrons. The molecule has 0 saturated carbocycles. The zero-order valence-corrected chi connectivity index (χ0v) is 17.2. The van der Waals surface area contributed by atoms with Crippen LogP contribution in [0.2, 0.25) is 0 Å². The molecule has 3 aromatic rings. The summed E-state index contributed by atoms with van der Waals surface area (Å²) in [5.41, 5.74) is 5.10. The summed E-state index contributed by atoms with van der Waals surface area (Å²) < 4.78 is 6.04. The summed E-state index contributed by atoms with van der Waals surface area (Å²) in [6.07, 6.45) is 0.855. The van der Waals surface area contributed by atoms with E-state index < -0.39 is 0 Å². The second kappa shape index (κ2) is 8.26. The molecule has 5 nitrogen and oxygen atoms in total. The van der Waals surface area contributed by atoms with Crippen molar-refractivity contribution in [1.29, 1.82) is 0 Å². The number of hydrogen-bond donors (Lipinski definition) is 1. The van der Waals surface area contributed by atoms with E-state index in [0.717, 1.165) is 27.9 Å². The Bertz CT molecular complexity index is 1060. The second-order valence-corrected chi connectivity index (χ2v) is 8.05. The first kappa shape index (κ1) is 19.4. The van der Waals surface area contributed by atoms with Crippen molar-refractivity contribution in [3.63, 3.8) is 0 Å². The highest BCUT2D eigenvalue weighted by Gasteiger charge is 2.34. The lowest BCUT2D eigenvalue weighted by atomic mass is 9.97. The zero-order chi connectivity index (χ0) is 21.2. The van der Waals surface area contributed by atoms with Crippen LogP contribution in [0.5, 0.6) is 0 Å². The SMILES string of the molecule is O=C(OC1c2ccccc2-c2ccccc21)C1CCN(C(=O)Nc2ccccc2)CC1. The van der Waals surface area contributed by atoms with Crippen molar-refractivity contribution in [2.75, 3.05) is 18.4 Å². The van der Waals surface area contributed by atoms with Gasteiger partial charge in [0, 0.05) is 29.9 Å². The van der Waals surface area contributed by atoms with Gasteiger partial charge in [-0.2, -0.15) is 0 Å². The van der Waals surface area contributed by atoms with Crippen LogP contribution in [0.3, 0.4) is 0 Å². The Kier molecular flexibility index (Phi) is 5.16. The number of nitrogens with zero attached hydrogens (tertiary/aromatic N) is 1. The number of carbonyl (C=O) groups is 2. The molecule has 0 spiro atoms. The molecule has 5 rings (SSSR count). The summed E-state index contributed by atoms with van der Waals surface area (Å²) in [6.45, 7) is 1.08. The van der Waals surface area contributed by atoms with Gasteiger partial charge in [0.05, 0.1) is 5.92 Å². The molecule has 0 bridgehead atoms. The molecule has 1 heterocycles. The minimum absolute atomic E-state index is 0.128. The monoisotopic (exact) mass is 412 g/mol. The molecular formula is C26H24N2O3. The highest BCUT2D eigenvalue weighted by Crippen LogP contribution is 2.45. The Balaban J connectivity index is 1.22. The topological polar surface area (TPSA) is 58.6 Å². The number of piperidine rings is 1. The fourth-order valence-electron chi connectivity index (χ4n) is 4.49. The number of urea groups is 1. The van der Waals surface area contributed by atoms with Crippen LogP contribution in [0.4, 0.5) is 10.5 Å². The van der Waals surface area contributed by atoms with E-state index in [1.54, 1.807) is 4.90 Å². The number of benzene rings is 3. The largest absolute Gasteiger partial charge is 0.452 e. The van der Waals surface area contributed by atoms with Crippen LogP contribution in [-0.4, -0.2) is 30.0 Å². The molecule has 0 aromatic heterocycles. The van der Waals surface area contributed by atoms with E-state index >= 15 is 0 Å². The van der Waals surface area contributed by atoms with E-state index in [1.807, 2.05) is 66.7 Å². The van der Waals surface area contributed by atoms with Crippen molar-refractivity contribution in [1.82, 2.24) is 4.90 Å². The van der Waals surface area contributed by atoms with Crippen molar-refractivity contribution in [2.45, 2.75) is 18.9 Å². The van der Waals surface area contributed by atoms with Crippen LogP contribution < -0.4 is 5.32 Å². The van der Waals surface area contributed by atoms with Crippen molar-refractivity contribution in [2.24, 2.45) is 5.92 Å². The van der Waals surface area contributed by atoms with E-state index in [2.05, 4.69) is 17.4 Å². The predicted octanol–water partition coefficient (Wildman–Crippen LogP) is 5.24. The molecule has 1 aliphatic carbocycles. The molecule has 2 aliphatic rings. The van der Waals surface area contributed by atoms with E-state index in [4.69, 9.17) is 4.74 Å². The molecule has 0 radical (unpaired) electrons. The van der Waals surface area contributed by atoms with E-state index in [9.17, 15) is 9.59 Å². The Morgan fingerprint density at radius 1 is 0.774 bits per heavy atom. The summed E-state index contributed by atoms with van der Waals surface area (Å²) in [5.74, 6) is -0.375. The molecule has 0 unspecified atom stereocenters. The number of rotatable bonds is 3. The Hall–Kier alpha value is -3.60. The fourth-order valence-corrected chi connectivity index (χ4v) is 4.49. The summed E-state index contributed by atoms with van der Waals surface area (Å²) in [6, 6.07) is 25.5. The van der Waals surface area contributed by atoms with Crippen LogP contribution >= 0.6 is 0 Å². The predicted molar refractivity (Wildman–Crippen MR) is 120 cm³/mol. The van der Waals surface area contributed by atoms with Crippen LogP contribution in [-0.2, 0) is 9.53 Å². The summed E-state index contributed by atoms with van der Waals surface area (Å²) in [5, 5.41) is 2.91. The van der Waals surface area contributed by atoms with Crippen LogP contribution in [0.15, 0.2) is 78.9 Å². The number of likely N-dealkylation sites (tertiary alicyclic amines) is 1. The number of para-hydroxylation sites is 1. The standard InChI is InChI=1S/C26H24N2O3/c29-25(18-14-16-28(17-15-18)26(30)27-19-8-2-1-3-9-19)31-24-22-12-6-4-10-20(22)21-11-5-7-13-23(21)24/h1-13,18,24H,14-17H2,(H,27,30). The van der Waals surface area contributed by atoms with Gasteiger partial charge in [-0.05, 0) is 36.1 Å². The number of fused-ring (bicyclic) bond motifs is 3. The lowest BCUT2D eigenvalue weighted by Crippen LogP contribution is -2.42. The Morgan fingerprint density at radius 3 is 1.94 bits per heavy atom. The molecule has 5 heteroatoms. The van der Waals surface area contributed by atoms with Crippen LogP contribution in [0.25, 0.3) is 11.1 Å². The number of hydrogen-bond acceptors (Lipinski definition) is 3. The first-order valence-electron chi connectivity index (χ1n) is 10.7. The van der Waals surface area contributed by atoms with Gasteiger partial charge < -0.3 is 15.0 Å². The average molecular weight is 412 g/mol. The first-order valence-corrected chi connectivity index (χ1v) is 10.7. The third-order valence-electron chi connectivity index (χ3n) is 6.15. The number of anilines is 1. The number of carbonyl (C=O) groups excluding carboxylic acids is 2. The molecule has 1 aliphatic heterocycles. The van der Waals surface area contributed by atoms with Gasteiger partial charge in [0.2, 0.25) is 0 Å². The molecule has 2 amide bonds. The Morgan fingerprint density at radius 2 is 1.32 bits per heavy atom. The smallest absolute Gasteiger partial charge is 0.321 e. The summed E-state index contributed by atoms with van der Waals surface area (Å²) >= 11 is 0. The molecular weight excluding hydrogens is 388 g/mol. The van der Waals surface area contributed by atoms with Gasteiger partial charge in [0.1, 0.15) is 0 Å². The molecule has 3 aromatic carbocycles. The van der Waals surface area contributed by atoms with Crippen molar-refractivity contribution >= 4 is 17.7 Å². The molecule has 0 atom stereocenters. The van der Waals surface area contributed by atoms with Gasteiger partial charge >= 0.3 is 12.0 Å². The van der Waals surface area contributed by atoms with Gasteiger partial charge in [-0.15, -0.1) is 0 Å². The third kappa shape index (κ3) is 3.79. The maximum absolute atomic E-state index is 13.0. The average Bonchev–Trinajstić information content (AvgIpc) is 3.14. The van der Waals surface area contributed by atoms with Crippen LogP contribution in [0.1, 0.15) is 30.1 Å². The summed E-state index contributed by atoms with van der Waals surface area (Å²) in [7, 11) is 0. The fraction of sp³-hybridized carbons (Fsp3) is 0.231. The highest BCUT2D eigenvalue weighted by molar-refractivity contribution is 5.89. The second-order valence-electron chi connectivity index (χ2n) is 8.05. The number of amides is 2. The maximum atomic E-state index is 13.0. The normalized spacial score (nSPS) is 15.8.